The van der Waals surface area contributed by atoms with Crippen LogP contribution in [0.5, 0.6) is 0 Å². The number of H-pyrrole nitrogens is 1. The molecule has 1 amide bonds. The Morgan fingerprint density at radius 1 is 1.32 bits per heavy atom. The van der Waals surface area contributed by atoms with Gasteiger partial charge in [0.15, 0.2) is 0 Å². The van der Waals surface area contributed by atoms with Gasteiger partial charge in [-0.15, -0.1) is 0 Å². The Morgan fingerprint density at radius 2 is 2.05 bits per heavy atom. The number of carbonyl (C=O) groups excluding carboxylic acids is 3. The van der Waals surface area contributed by atoms with E-state index < -0.39 is 17.8 Å². The summed E-state index contributed by atoms with van der Waals surface area (Å²) < 4.78 is 9.27. The summed E-state index contributed by atoms with van der Waals surface area (Å²) in [5, 5.41) is 3.25. The third-order valence-electron chi connectivity index (χ3n) is 2.85. The zero-order chi connectivity index (χ0) is 16.3. The third kappa shape index (κ3) is 3.04. The summed E-state index contributed by atoms with van der Waals surface area (Å²) in [6.07, 6.45) is 0. The van der Waals surface area contributed by atoms with Crippen molar-refractivity contribution in [3.05, 3.63) is 28.9 Å². The van der Waals surface area contributed by atoms with E-state index in [1.807, 2.05) is 0 Å². The van der Waals surface area contributed by atoms with Gasteiger partial charge in [0, 0.05) is 15.9 Å². The van der Waals surface area contributed by atoms with Gasteiger partial charge >= 0.3 is 17.8 Å². The van der Waals surface area contributed by atoms with E-state index in [9.17, 15) is 14.4 Å². The lowest BCUT2D eigenvalue weighted by atomic mass is 10.2. The Morgan fingerprint density at radius 3 is 2.68 bits per heavy atom. The van der Waals surface area contributed by atoms with E-state index in [0.717, 1.165) is 0 Å². The molecule has 0 atom stereocenters. The molecule has 7 nitrogen and oxygen atoms in total. The van der Waals surface area contributed by atoms with E-state index in [0.29, 0.717) is 15.9 Å². The fourth-order valence-corrected chi connectivity index (χ4v) is 2.08. The molecule has 8 heteroatoms. The van der Waals surface area contributed by atoms with Crippen molar-refractivity contribution in [1.29, 1.82) is 0 Å². The minimum Gasteiger partial charge on any atom is -0.464 e. The number of amides is 1. The van der Waals surface area contributed by atoms with Crippen molar-refractivity contribution in [1.82, 2.24) is 4.98 Å². The highest BCUT2D eigenvalue weighted by Crippen LogP contribution is 2.30. The summed E-state index contributed by atoms with van der Waals surface area (Å²) in [4.78, 5) is 37.9. The molecule has 1 aromatic heterocycles. The quantitative estimate of drug-likeness (QED) is 0.665. The summed E-state index contributed by atoms with van der Waals surface area (Å²) in [5.41, 5.74) is 0.684. The van der Waals surface area contributed by atoms with Crippen LogP contribution in [0.4, 0.5) is 5.69 Å². The van der Waals surface area contributed by atoms with Crippen molar-refractivity contribution < 1.29 is 23.9 Å². The summed E-state index contributed by atoms with van der Waals surface area (Å²) in [5.74, 6) is -2.73. The minimum absolute atomic E-state index is 0.0115. The van der Waals surface area contributed by atoms with Crippen LogP contribution in [0.3, 0.4) is 0 Å². The Labute approximate surface area is 130 Å². The molecule has 0 aliphatic heterocycles. The van der Waals surface area contributed by atoms with Gasteiger partial charge in [0.25, 0.3) is 0 Å². The van der Waals surface area contributed by atoms with Crippen LogP contribution in [0.2, 0.25) is 5.02 Å². The molecule has 2 aromatic rings. The molecule has 22 heavy (non-hydrogen) atoms. The highest BCUT2D eigenvalue weighted by Gasteiger charge is 2.23. The van der Waals surface area contributed by atoms with Gasteiger partial charge in [0.05, 0.1) is 19.4 Å². The first kappa shape index (κ1) is 15.8. The van der Waals surface area contributed by atoms with Gasteiger partial charge in [0.1, 0.15) is 5.69 Å². The van der Waals surface area contributed by atoms with Crippen LogP contribution < -0.4 is 5.32 Å². The third-order valence-corrected chi connectivity index (χ3v) is 3.08. The number of fused-ring (bicyclic) bond motifs is 1. The monoisotopic (exact) mass is 324 g/mol. The van der Waals surface area contributed by atoms with E-state index in [-0.39, 0.29) is 18.0 Å². The van der Waals surface area contributed by atoms with Gasteiger partial charge in [-0.2, -0.15) is 0 Å². The van der Waals surface area contributed by atoms with Gasteiger partial charge in [-0.25, -0.2) is 9.59 Å². The van der Waals surface area contributed by atoms with E-state index in [1.54, 1.807) is 25.1 Å². The number of esters is 2. The predicted molar refractivity (Wildman–Crippen MR) is 79.9 cm³/mol. The Kier molecular flexibility index (Phi) is 4.67. The number of nitrogens with one attached hydrogen (secondary N) is 2. The summed E-state index contributed by atoms with van der Waals surface area (Å²) in [6.45, 7) is 1.65. The zero-order valence-corrected chi connectivity index (χ0v) is 12.6. The van der Waals surface area contributed by atoms with E-state index in [1.165, 1.54) is 7.11 Å². The summed E-state index contributed by atoms with van der Waals surface area (Å²) in [6, 6.07) is 4.82. The van der Waals surface area contributed by atoms with Crippen LogP contribution in [0.1, 0.15) is 17.4 Å². The molecule has 0 fully saturated rings. The highest BCUT2D eigenvalue weighted by molar-refractivity contribution is 6.38. The van der Waals surface area contributed by atoms with Gasteiger partial charge < -0.3 is 19.8 Å². The van der Waals surface area contributed by atoms with Crippen molar-refractivity contribution in [2.45, 2.75) is 6.92 Å². The second-order valence-corrected chi connectivity index (χ2v) is 4.67. The molecule has 1 heterocycles. The second kappa shape index (κ2) is 6.48. The van der Waals surface area contributed by atoms with Crippen molar-refractivity contribution >= 4 is 46.0 Å². The topological polar surface area (TPSA) is 97.5 Å². The molecule has 0 saturated carbocycles. The second-order valence-electron chi connectivity index (χ2n) is 4.23. The first-order valence-electron chi connectivity index (χ1n) is 6.35. The fourth-order valence-electron chi connectivity index (χ4n) is 1.91. The molecule has 0 saturated heterocycles. The number of methoxy groups -OCH3 is 1. The molecular weight excluding hydrogens is 312 g/mol. The maximum atomic E-state index is 11.8. The van der Waals surface area contributed by atoms with Crippen LogP contribution in [0.15, 0.2) is 18.2 Å². The molecule has 2 rings (SSSR count). The number of carbonyl (C=O) groups is 3. The molecule has 0 bridgehead atoms. The molecule has 116 valence electrons. The molecular formula is C14H13ClN2O5. The zero-order valence-electron chi connectivity index (χ0n) is 11.9. The number of benzene rings is 1. The van der Waals surface area contributed by atoms with Gasteiger partial charge in [-0.3, -0.25) is 4.79 Å². The SMILES string of the molecule is CCOC(=O)C(=O)Nc1c(C(=O)OC)[nH]c2ccc(Cl)cc12. The van der Waals surface area contributed by atoms with Crippen molar-refractivity contribution in [2.24, 2.45) is 0 Å². The number of hydrogen-bond donors (Lipinski definition) is 2. The summed E-state index contributed by atoms with van der Waals surface area (Å²) >= 11 is 5.93. The molecule has 0 unspecified atom stereocenters. The molecule has 1 aromatic carbocycles. The van der Waals surface area contributed by atoms with Gasteiger partial charge in [-0.05, 0) is 25.1 Å². The predicted octanol–water partition coefficient (Wildman–Crippen LogP) is 2.11. The first-order valence-corrected chi connectivity index (χ1v) is 6.73. The molecule has 0 aliphatic rings. The van der Waals surface area contributed by atoms with Crippen molar-refractivity contribution in [3.63, 3.8) is 0 Å². The Balaban J connectivity index is 2.49. The van der Waals surface area contributed by atoms with Crippen molar-refractivity contribution in [2.75, 3.05) is 19.0 Å². The number of aromatic nitrogens is 1. The Hall–Kier alpha value is -2.54. The van der Waals surface area contributed by atoms with Gasteiger partial charge in [0.2, 0.25) is 0 Å². The number of rotatable bonds is 3. The molecule has 0 radical (unpaired) electrons. The van der Waals surface area contributed by atoms with Crippen LogP contribution >= 0.6 is 11.6 Å². The van der Waals surface area contributed by atoms with E-state index in [2.05, 4.69) is 19.8 Å². The van der Waals surface area contributed by atoms with Crippen LogP contribution in [0, 0.1) is 0 Å². The summed E-state index contributed by atoms with van der Waals surface area (Å²) in [7, 11) is 1.21. The largest absolute Gasteiger partial charge is 0.464 e. The Bertz CT molecular complexity index is 753. The molecule has 2 N–H and O–H groups in total. The smallest absolute Gasteiger partial charge is 0.397 e. The molecule has 0 aliphatic carbocycles. The van der Waals surface area contributed by atoms with E-state index >= 15 is 0 Å². The highest BCUT2D eigenvalue weighted by atomic mass is 35.5. The lowest BCUT2D eigenvalue weighted by Crippen LogP contribution is -2.25. The first-order chi connectivity index (χ1) is 10.5. The fraction of sp³-hybridized carbons (Fsp3) is 0.214. The number of aromatic amines is 1. The maximum Gasteiger partial charge on any atom is 0.397 e. The van der Waals surface area contributed by atoms with Crippen LogP contribution in [0.25, 0.3) is 10.9 Å². The standard InChI is InChI=1S/C14H13ClN2O5/c1-3-22-14(20)12(18)17-10-8-6-7(15)4-5-9(8)16-11(10)13(19)21-2/h4-6,16H,3H2,1-2H3,(H,17,18). The lowest BCUT2D eigenvalue weighted by Gasteiger charge is -2.06. The number of halogens is 1. The van der Waals surface area contributed by atoms with Crippen LogP contribution in [-0.4, -0.2) is 36.5 Å². The van der Waals surface area contributed by atoms with E-state index in [4.69, 9.17) is 11.6 Å². The number of ether oxygens (including phenoxy) is 2. The van der Waals surface area contributed by atoms with Gasteiger partial charge in [-0.1, -0.05) is 11.6 Å². The van der Waals surface area contributed by atoms with Crippen molar-refractivity contribution in [3.8, 4) is 0 Å². The average Bonchev–Trinajstić information content (AvgIpc) is 2.84. The lowest BCUT2D eigenvalue weighted by molar-refractivity contribution is -0.152. The average molecular weight is 325 g/mol. The number of hydrogen-bond acceptors (Lipinski definition) is 5. The molecule has 0 spiro atoms. The minimum atomic E-state index is -1.05. The normalized spacial score (nSPS) is 10.3. The maximum absolute atomic E-state index is 11.8. The number of anilines is 1. The van der Waals surface area contributed by atoms with Crippen LogP contribution in [-0.2, 0) is 19.1 Å².